The summed E-state index contributed by atoms with van der Waals surface area (Å²) in [6.07, 6.45) is 3.95. The fourth-order valence-electron chi connectivity index (χ4n) is 3.76. The van der Waals surface area contributed by atoms with E-state index < -0.39 is 5.60 Å². The fourth-order valence-corrected chi connectivity index (χ4v) is 4.36. The highest BCUT2D eigenvalue weighted by Crippen LogP contribution is 2.29. The van der Waals surface area contributed by atoms with Gasteiger partial charge >= 0.3 is 0 Å². The number of nitrogens with zero attached hydrogens (tertiary/aromatic N) is 4. The van der Waals surface area contributed by atoms with Crippen molar-refractivity contribution in [3.05, 3.63) is 64.6 Å². The molecule has 31 heavy (non-hydrogen) atoms. The van der Waals surface area contributed by atoms with Gasteiger partial charge in [-0.25, -0.2) is 15.0 Å². The standard InChI is InChI=1S/C25H28N4OS/c1-18-16-22(24-26-12-15-31-24)28-23(27-18)21-9-13-29(14-10-21)17-20-6-4-19(5-7-20)8-11-25(2,3)30/h4-7,12,15-16,21,30H,9-10,13-14,17H2,1-3H3. The van der Waals surface area contributed by atoms with E-state index in [9.17, 15) is 5.11 Å². The van der Waals surface area contributed by atoms with Crippen LogP contribution in [0.15, 0.2) is 41.9 Å². The van der Waals surface area contributed by atoms with E-state index in [1.807, 2.05) is 36.7 Å². The van der Waals surface area contributed by atoms with Crippen molar-refractivity contribution in [3.8, 4) is 22.5 Å². The molecule has 4 rings (SSSR count). The SMILES string of the molecule is Cc1cc(-c2nccs2)nc(C2CCN(Cc3ccc(C#CC(C)(C)O)cc3)CC2)n1. The van der Waals surface area contributed by atoms with E-state index in [1.165, 1.54) is 5.56 Å². The van der Waals surface area contributed by atoms with E-state index in [2.05, 4.69) is 33.9 Å². The Morgan fingerprint density at radius 1 is 1.16 bits per heavy atom. The Bertz CT molecular complexity index is 1070. The number of aliphatic hydroxyl groups is 1. The molecule has 0 amide bonds. The molecule has 0 unspecified atom stereocenters. The Morgan fingerprint density at radius 3 is 2.55 bits per heavy atom. The van der Waals surface area contributed by atoms with Gasteiger partial charge < -0.3 is 5.11 Å². The van der Waals surface area contributed by atoms with Gasteiger partial charge in [-0.3, -0.25) is 4.90 Å². The highest BCUT2D eigenvalue weighted by atomic mass is 32.1. The van der Waals surface area contributed by atoms with Gasteiger partial charge in [-0.15, -0.1) is 11.3 Å². The lowest BCUT2D eigenvalue weighted by molar-refractivity contribution is 0.143. The van der Waals surface area contributed by atoms with Gasteiger partial charge in [0.05, 0.1) is 0 Å². The molecule has 0 saturated carbocycles. The van der Waals surface area contributed by atoms with E-state index in [0.29, 0.717) is 5.92 Å². The van der Waals surface area contributed by atoms with Crippen LogP contribution in [0.5, 0.6) is 0 Å². The first-order chi connectivity index (χ1) is 14.9. The number of rotatable bonds is 4. The first kappa shape index (κ1) is 21.6. The Kier molecular flexibility index (Phi) is 6.47. The highest BCUT2D eigenvalue weighted by Gasteiger charge is 2.23. The van der Waals surface area contributed by atoms with Crippen LogP contribution < -0.4 is 0 Å². The van der Waals surface area contributed by atoms with Crippen molar-refractivity contribution in [1.82, 2.24) is 19.9 Å². The molecule has 0 atom stereocenters. The summed E-state index contributed by atoms with van der Waals surface area (Å²) in [5.74, 6) is 7.24. The summed E-state index contributed by atoms with van der Waals surface area (Å²) < 4.78 is 0. The Labute approximate surface area is 188 Å². The number of benzene rings is 1. The zero-order valence-electron chi connectivity index (χ0n) is 18.3. The summed E-state index contributed by atoms with van der Waals surface area (Å²) in [5.41, 5.74) is 3.19. The van der Waals surface area contributed by atoms with Gasteiger partial charge in [0.15, 0.2) is 0 Å². The fraction of sp³-hybridized carbons (Fsp3) is 0.400. The van der Waals surface area contributed by atoms with Crippen LogP contribution in [0.4, 0.5) is 0 Å². The average Bonchev–Trinajstić information content (AvgIpc) is 3.28. The number of aromatic nitrogens is 3. The van der Waals surface area contributed by atoms with E-state index in [1.54, 1.807) is 25.2 Å². The van der Waals surface area contributed by atoms with Crippen LogP contribution in [0.25, 0.3) is 10.7 Å². The van der Waals surface area contributed by atoms with Crippen molar-refractivity contribution in [2.45, 2.75) is 51.7 Å². The quantitative estimate of drug-likeness (QED) is 0.619. The van der Waals surface area contributed by atoms with Crippen molar-refractivity contribution >= 4 is 11.3 Å². The van der Waals surface area contributed by atoms with Crippen molar-refractivity contribution in [3.63, 3.8) is 0 Å². The molecule has 0 radical (unpaired) electrons. The topological polar surface area (TPSA) is 62.1 Å². The molecule has 6 heteroatoms. The monoisotopic (exact) mass is 432 g/mol. The molecule has 3 heterocycles. The summed E-state index contributed by atoms with van der Waals surface area (Å²) in [4.78, 5) is 16.5. The number of hydrogen-bond acceptors (Lipinski definition) is 6. The second-order valence-electron chi connectivity index (χ2n) is 8.65. The normalized spacial score (nSPS) is 15.5. The molecule has 160 valence electrons. The van der Waals surface area contributed by atoms with Crippen molar-refractivity contribution < 1.29 is 5.11 Å². The van der Waals surface area contributed by atoms with Gasteiger partial charge in [0, 0.05) is 35.3 Å². The van der Waals surface area contributed by atoms with E-state index in [0.717, 1.165) is 60.3 Å². The molecule has 0 bridgehead atoms. The lowest BCUT2D eigenvalue weighted by Crippen LogP contribution is -2.33. The van der Waals surface area contributed by atoms with Gasteiger partial charge in [-0.1, -0.05) is 24.0 Å². The van der Waals surface area contributed by atoms with Crippen LogP contribution in [0, 0.1) is 18.8 Å². The summed E-state index contributed by atoms with van der Waals surface area (Å²) in [6, 6.07) is 10.3. The van der Waals surface area contributed by atoms with Crippen LogP contribution in [-0.2, 0) is 6.54 Å². The van der Waals surface area contributed by atoms with Gasteiger partial charge in [-0.05, 0) is 70.5 Å². The number of piperidine rings is 1. The molecule has 2 aromatic heterocycles. The molecule has 0 spiro atoms. The molecule has 3 aromatic rings. The second-order valence-corrected chi connectivity index (χ2v) is 9.54. The summed E-state index contributed by atoms with van der Waals surface area (Å²) >= 11 is 1.62. The van der Waals surface area contributed by atoms with Crippen LogP contribution in [0.2, 0.25) is 0 Å². The number of aryl methyl sites for hydroxylation is 1. The molecule has 5 nitrogen and oxygen atoms in total. The lowest BCUT2D eigenvalue weighted by atomic mass is 9.95. The first-order valence-electron chi connectivity index (χ1n) is 10.7. The zero-order valence-corrected chi connectivity index (χ0v) is 19.1. The molecular formula is C25H28N4OS. The molecule has 1 saturated heterocycles. The predicted molar refractivity (Wildman–Crippen MR) is 125 cm³/mol. The predicted octanol–water partition coefficient (Wildman–Crippen LogP) is 4.41. The maximum Gasteiger partial charge on any atom is 0.141 e. The summed E-state index contributed by atoms with van der Waals surface area (Å²) in [6.45, 7) is 8.43. The molecule has 1 aliphatic heterocycles. The highest BCUT2D eigenvalue weighted by molar-refractivity contribution is 7.13. The smallest absolute Gasteiger partial charge is 0.141 e. The maximum atomic E-state index is 9.74. The summed E-state index contributed by atoms with van der Waals surface area (Å²) in [5, 5.41) is 12.7. The van der Waals surface area contributed by atoms with Gasteiger partial charge in [-0.2, -0.15) is 0 Å². The minimum atomic E-state index is -0.967. The van der Waals surface area contributed by atoms with Crippen LogP contribution in [0.3, 0.4) is 0 Å². The Hall–Kier alpha value is -2.59. The number of likely N-dealkylation sites (tertiary alicyclic amines) is 1. The van der Waals surface area contributed by atoms with Crippen molar-refractivity contribution in [1.29, 1.82) is 0 Å². The molecule has 0 aliphatic carbocycles. The zero-order chi connectivity index (χ0) is 21.8. The Morgan fingerprint density at radius 2 is 1.90 bits per heavy atom. The molecule has 1 aromatic carbocycles. The molecular weight excluding hydrogens is 404 g/mol. The third kappa shape index (κ3) is 5.98. The first-order valence-corrected chi connectivity index (χ1v) is 11.6. The van der Waals surface area contributed by atoms with Crippen LogP contribution >= 0.6 is 11.3 Å². The second kappa shape index (κ2) is 9.27. The van der Waals surface area contributed by atoms with E-state index >= 15 is 0 Å². The minimum absolute atomic E-state index is 0.398. The maximum absolute atomic E-state index is 9.74. The largest absolute Gasteiger partial charge is 0.378 e. The van der Waals surface area contributed by atoms with Gasteiger partial charge in [0.25, 0.3) is 0 Å². The van der Waals surface area contributed by atoms with Crippen molar-refractivity contribution in [2.24, 2.45) is 0 Å². The van der Waals surface area contributed by atoms with Gasteiger partial charge in [0.1, 0.15) is 22.1 Å². The van der Waals surface area contributed by atoms with Crippen molar-refractivity contribution in [2.75, 3.05) is 13.1 Å². The number of hydrogen-bond donors (Lipinski definition) is 1. The van der Waals surface area contributed by atoms with E-state index in [-0.39, 0.29) is 0 Å². The average molecular weight is 433 g/mol. The minimum Gasteiger partial charge on any atom is -0.378 e. The van der Waals surface area contributed by atoms with Crippen LogP contribution in [-0.4, -0.2) is 43.6 Å². The Balaban J connectivity index is 1.35. The molecule has 1 aliphatic rings. The van der Waals surface area contributed by atoms with Gasteiger partial charge in [0.2, 0.25) is 0 Å². The molecule has 1 fully saturated rings. The molecule has 1 N–H and O–H groups in total. The third-order valence-electron chi connectivity index (χ3n) is 5.35. The number of thiazole rings is 1. The summed E-state index contributed by atoms with van der Waals surface area (Å²) in [7, 11) is 0. The van der Waals surface area contributed by atoms with E-state index in [4.69, 9.17) is 9.97 Å². The van der Waals surface area contributed by atoms with Crippen LogP contribution in [0.1, 0.15) is 55.3 Å². The third-order valence-corrected chi connectivity index (χ3v) is 6.14. The lowest BCUT2D eigenvalue weighted by Gasteiger charge is -2.31.